The van der Waals surface area contributed by atoms with Crippen molar-refractivity contribution in [2.45, 2.75) is 13.1 Å². The van der Waals surface area contributed by atoms with Crippen molar-refractivity contribution in [2.75, 3.05) is 0 Å². The second-order valence-corrected chi connectivity index (χ2v) is 5.31. The standard InChI is InChI=1S/C3H8BFSi/c1-4-6(2,3)5/h1H2,2-3H3. The van der Waals surface area contributed by atoms with Gasteiger partial charge in [0.15, 0.2) is 0 Å². The average molecular weight is 102 g/mol. The molecule has 0 atom stereocenters. The molecule has 0 aliphatic carbocycles. The first-order valence-electron chi connectivity index (χ1n) is 1.89. The predicted molar refractivity (Wildman–Crippen MR) is 31.5 cm³/mol. The van der Waals surface area contributed by atoms with Crippen LogP contribution in [-0.4, -0.2) is 21.3 Å². The summed E-state index contributed by atoms with van der Waals surface area (Å²) < 4.78 is 12.1. The molecule has 0 saturated carbocycles. The molecule has 0 aliphatic rings. The van der Waals surface area contributed by atoms with Crippen LogP contribution < -0.4 is 0 Å². The summed E-state index contributed by atoms with van der Waals surface area (Å²) in [5.41, 5.74) is 0. The Hall–Kier alpha value is 0.0818. The first-order valence-corrected chi connectivity index (χ1v) is 4.84. The van der Waals surface area contributed by atoms with Gasteiger partial charge in [-0.2, -0.15) is 0 Å². The Bertz CT molecular complexity index is 56.3. The van der Waals surface area contributed by atoms with E-state index in [2.05, 4.69) is 6.47 Å². The first kappa shape index (κ1) is 6.08. The van der Waals surface area contributed by atoms with Crippen LogP contribution in [0.5, 0.6) is 0 Å². The molecule has 6 heavy (non-hydrogen) atoms. The molecule has 0 unspecified atom stereocenters. The Morgan fingerprint density at radius 2 is 1.83 bits per heavy atom. The van der Waals surface area contributed by atoms with Crippen LogP contribution in [0.2, 0.25) is 13.1 Å². The van der Waals surface area contributed by atoms with E-state index >= 15 is 0 Å². The fraction of sp³-hybridized carbons (Fsp3) is 0.667. The van der Waals surface area contributed by atoms with Gasteiger partial charge in [0, 0.05) is 0 Å². The fourth-order valence-electron chi connectivity index (χ4n) is 0. The minimum absolute atomic E-state index is 1.41. The molecule has 0 spiro atoms. The van der Waals surface area contributed by atoms with Crippen molar-refractivity contribution < 1.29 is 4.11 Å². The Kier molecular flexibility index (Phi) is 1.71. The van der Waals surface area contributed by atoms with Crippen molar-refractivity contribution in [3.05, 3.63) is 0 Å². The number of rotatable bonds is 1. The summed E-state index contributed by atoms with van der Waals surface area (Å²) in [6.45, 7) is 7.92. The van der Waals surface area contributed by atoms with E-state index in [9.17, 15) is 4.11 Å². The normalized spacial score (nSPS) is 10.5. The molecule has 0 rings (SSSR count). The summed E-state index contributed by atoms with van der Waals surface area (Å²) in [7, 11) is -2.37. The van der Waals surface area contributed by atoms with E-state index in [0.29, 0.717) is 0 Å². The topological polar surface area (TPSA) is 0 Å². The van der Waals surface area contributed by atoms with Crippen molar-refractivity contribution in [3.8, 4) is 0 Å². The van der Waals surface area contributed by atoms with Crippen molar-refractivity contribution in [1.82, 2.24) is 0 Å². The van der Waals surface area contributed by atoms with E-state index in [-0.39, 0.29) is 0 Å². The quantitative estimate of drug-likeness (QED) is 0.339. The zero-order chi connectivity index (χ0) is 5.21. The maximum atomic E-state index is 12.1. The van der Waals surface area contributed by atoms with Crippen LogP contribution in [0.1, 0.15) is 0 Å². The second-order valence-electron chi connectivity index (χ2n) is 1.77. The number of halogens is 1. The van der Waals surface area contributed by atoms with E-state index in [0.717, 1.165) is 0 Å². The van der Waals surface area contributed by atoms with Crippen LogP contribution in [0.4, 0.5) is 4.11 Å². The molecule has 0 N–H and O–H groups in total. The third kappa shape index (κ3) is 4.08. The van der Waals surface area contributed by atoms with Gasteiger partial charge in [0.2, 0.25) is 0 Å². The molecule has 0 saturated heterocycles. The molecule has 3 heteroatoms. The fourth-order valence-corrected chi connectivity index (χ4v) is 0. The minimum atomic E-state index is -2.37. The van der Waals surface area contributed by atoms with E-state index in [1.54, 1.807) is 13.1 Å². The number of hydrogen-bond donors (Lipinski definition) is 0. The van der Waals surface area contributed by atoms with Crippen molar-refractivity contribution in [2.24, 2.45) is 0 Å². The maximum absolute atomic E-state index is 12.1. The molecule has 34 valence electrons. The van der Waals surface area contributed by atoms with Gasteiger partial charge < -0.3 is 0 Å². The first-order chi connectivity index (χ1) is 2.56. The summed E-state index contributed by atoms with van der Waals surface area (Å²) in [5.74, 6) is 0. The van der Waals surface area contributed by atoms with E-state index < -0.39 is 8.28 Å². The van der Waals surface area contributed by atoms with E-state index in [1.807, 2.05) is 0 Å². The van der Waals surface area contributed by atoms with Crippen LogP contribution >= 0.6 is 0 Å². The van der Waals surface area contributed by atoms with E-state index in [4.69, 9.17) is 0 Å². The molecule has 0 amide bonds. The molecule has 0 radical (unpaired) electrons. The summed E-state index contributed by atoms with van der Waals surface area (Å²) in [6, 6.07) is 0. The Labute approximate surface area is 39.4 Å². The van der Waals surface area contributed by atoms with Gasteiger partial charge in [-0.15, -0.1) is 0 Å². The van der Waals surface area contributed by atoms with Crippen molar-refractivity contribution in [3.63, 3.8) is 0 Å². The third-order valence-corrected chi connectivity index (χ3v) is 1.46. The number of hydrogen-bond acceptors (Lipinski definition) is 0. The SMILES string of the molecule is C=B[Si](C)(C)F. The Morgan fingerprint density at radius 1 is 1.67 bits per heavy atom. The zero-order valence-electron chi connectivity index (χ0n) is 4.16. The van der Waals surface area contributed by atoms with Gasteiger partial charge in [-0.1, -0.05) is 0 Å². The second kappa shape index (κ2) is 1.69. The molecule has 0 nitrogen and oxygen atoms in total. The summed E-state index contributed by atoms with van der Waals surface area (Å²) in [6.07, 6.45) is 0. The molecule has 0 fully saturated rings. The Morgan fingerprint density at radius 3 is 1.83 bits per heavy atom. The molecule has 0 heterocycles. The van der Waals surface area contributed by atoms with Crippen LogP contribution in [0.15, 0.2) is 0 Å². The molecule has 0 bridgehead atoms. The predicted octanol–water partition coefficient (Wildman–Crippen LogP) is 0.794. The monoisotopic (exact) mass is 102 g/mol. The summed E-state index contributed by atoms with van der Waals surface area (Å²) >= 11 is 0. The zero-order valence-corrected chi connectivity index (χ0v) is 5.16. The van der Waals surface area contributed by atoms with Crippen molar-refractivity contribution in [1.29, 1.82) is 0 Å². The van der Waals surface area contributed by atoms with Crippen LogP contribution in [0, 0.1) is 0 Å². The van der Waals surface area contributed by atoms with Gasteiger partial charge in [0.1, 0.15) is 0 Å². The van der Waals surface area contributed by atoms with Crippen molar-refractivity contribution >= 4 is 21.3 Å². The van der Waals surface area contributed by atoms with Crippen LogP contribution in [-0.2, 0) is 0 Å². The summed E-state index contributed by atoms with van der Waals surface area (Å²) in [4.78, 5) is 0. The van der Waals surface area contributed by atoms with Crippen LogP contribution in [0.3, 0.4) is 0 Å². The molecule has 0 aromatic rings. The van der Waals surface area contributed by atoms with Gasteiger partial charge in [0.25, 0.3) is 0 Å². The molecule has 0 aromatic carbocycles. The molecular formula is C3H8BFSi. The van der Waals surface area contributed by atoms with E-state index in [1.165, 1.54) is 6.51 Å². The average Bonchev–Trinajstić information content (AvgIpc) is 1.35. The van der Waals surface area contributed by atoms with Gasteiger partial charge in [-0.05, 0) is 0 Å². The molecule has 0 aliphatic heterocycles. The van der Waals surface area contributed by atoms with Gasteiger partial charge in [0.05, 0.1) is 0 Å². The van der Waals surface area contributed by atoms with Gasteiger partial charge in [-0.3, -0.25) is 0 Å². The summed E-state index contributed by atoms with van der Waals surface area (Å²) in [5, 5.41) is 0. The Balaban J connectivity index is 3.45. The molecular weight excluding hydrogens is 93.9 g/mol. The van der Waals surface area contributed by atoms with Gasteiger partial charge in [-0.25, -0.2) is 0 Å². The van der Waals surface area contributed by atoms with Gasteiger partial charge >= 0.3 is 38.5 Å². The molecule has 0 aromatic heterocycles. The van der Waals surface area contributed by atoms with Crippen LogP contribution in [0.25, 0.3) is 0 Å². The third-order valence-electron chi connectivity index (χ3n) is 0.485.